The molecule has 8 nitrogen and oxygen atoms in total. The summed E-state index contributed by atoms with van der Waals surface area (Å²) in [5.41, 5.74) is 2.07. The first-order chi connectivity index (χ1) is 18.2. The van der Waals surface area contributed by atoms with Gasteiger partial charge in [0, 0.05) is 42.9 Å². The maximum absolute atomic E-state index is 14.5. The average Bonchev–Trinajstić information content (AvgIpc) is 2.90. The van der Waals surface area contributed by atoms with E-state index in [4.69, 9.17) is 4.74 Å². The fourth-order valence-corrected chi connectivity index (χ4v) is 4.65. The molecule has 9 heteroatoms. The quantitative estimate of drug-likeness (QED) is 0.463. The number of fused-ring (bicyclic) bond motifs is 1. The minimum absolute atomic E-state index is 0.109. The number of carbonyl (C=O) groups is 2. The summed E-state index contributed by atoms with van der Waals surface area (Å²) < 4.78 is 20.8. The molecule has 1 aliphatic rings. The van der Waals surface area contributed by atoms with Gasteiger partial charge in [-0.2, -0.15) is 0 Å². The van der Waals surface area contributed by atoms with Crippen LogP contribution in [-0.2, 0) is 6.54 Å². The molecule has 0 spiro atoms. The lowest BCUT2D eigenvalue weighted by atomic mass is 9.99. The van der Waals surface area contributed by atoms with Gasteiger partial charge in [-0.3, -0.25) is 9.69 Å². The van der Waals surface area contributed by atoms with Crippen LogP contribution in [0.25, 0.3) is 11.1 Å². The molecule has 1 aliphatic heterocycles. The first kappa shape index (κ1) is 27.2. The Hall–Kier alpha value is -3.82. The summed E-state index contributed by atoms with van der Waals surface area (Å²) in [6, 6.07) is 14.2. The Morgan fingerprint density at radius 1 is 1.21 bits per heavy atom. The van der Waals surface area contributed by atoms with Crippen LogP contribution in [0.3, 0.4) is 0 Å². The maximum Gasteiger partial charge on any atom is 0.335 e. The number of carboxylic acid groups (broad SMARTS) is 1. The lowest BCUT2D eigenvalue weighted by Gasteiger charge is -2.37. The SMILES string of the molecule is C[C@@H]1CN([C@H](C)CO)C(=O)c2cc(-c3ccccc3F)cnc2O[C@H]1CN(C)Cc1cccc(C(=O)O)c1. The van der Waals surface area contributed by atoms with Crippen LogP contribution in [0.1, 0.15) is 40.1 Å². The van der Waals surface area contributed by atoms with E-state index >= 15 is 0 Å². The number of aromatic carboxylic acids is 1. The molecule has 3 atom stereocenters. The van der Waals surface area contributed by atoms with Gasteiger partial charge in [-0.1, -0.05) is 37.3 Å². The lowest BCUT2D eigenvalue weighted by Crippen LogP contribution is -2.49. The van der Waals surface area contributed by atoms with Crippen LogP contribution in [-0.4, -0.2) is 75.8 Å². The van der Waals surface area contributed by atoms with Gasteiger partial charge in [0.25, 0.3) is 5.91 Å². The molecule has 0 unspecified atom stereocenters. The third-order valence-electron chi connectivity index (χ3n) is 6.82. The third kappa shape index (κ3) is 6.00. The fraction of sp³-hybridized carbons (Fsp3) is 0.345. The summed E-state index contributed by atoms with van der Waals surface area (Å²) >= 11 is 0. The summed E-state index contributed by atoms with van der Waals surface area (Å²) in [6.07, 6.45) is 1.13. The number of carbonyl (C=O) groups excluding carboxylic acids is 1. The summed E-state index contributed by atoms with van der Waals surface area (Å²) in [5.74, 6) is -1.69. The number of rotatable bonds is 8. The zero-order valence-electron chi connectivity index (χ0n) is 21.7. The monoisotopic (exact) mass is 521 g/mol. The van der Waals surface area contributed by atoms with Crippen LogP contribution in [0.5, 0.6) is 5.88 Å². The zero-order chi connectivity index (χ0) is 27.4. The molecule has 0 aliphatic carbocycles. The molecule has 0 bridgehead atoms. The predicted octanol–water partition coefficient (Wildman–Crippen LogP) is 3.94. The van der Waals surface area contributed by atoms with Crippen molar-refractivity contribution in [3.05, 3.63) is 83.3 Å². The normalized spacial score (nSPS) is 18.4. The highest BCUT2D eigenvalue weighted by atomic mass is 19.1. The zero-order valence-corrected chi connectivity index (χ0v) is 21.7. The number of pyridine rings is 1. The number of nitrogens with zero attached hydrogens (tertiary/aromatic N) is 3. The largest absolute Gasteiger partial charge is 0.478 e. The molecule has 0 radical (unpaired) electrons. The number of hydrogen-bond acceptors (Lipinski definition) is 6. The molecule has 2 N–H and O–H groups in total. The van der Waals surface area contributed by atoms with Gasteiger partial charge in [0.2, 0.25) is 5.88 Å². The first-order valence-electron chi connectivity index (χ1n) is 12.5. The van der Waals surface area contributed by atoms with Gasteiger partial charge < -0.3 is 19.8 Å². The molecular formula is C29H32FN3O5. The molecule has 2 heterocycles. The van der Waals surface area contributed by atoms with Crippen LogP contribution in [0.2, 0.25) is 0 Å². The van der Waals surface area contributed by atoms with Crippen LogP contribution < -0.4 is 4.74 Å². The van der Waals surface area contributed by atoms with Gasteiger partial charge in [-0.15, -0.1) is 0 Å². The van der Waals surface area contributed by atoms with E-state index < -0.39 is 17.8 Å². The second-order valence-corrected chi connectivity index (χ2v) is 9.88. The van der Waals surface area contributed by atoms with Crippen molar-refractivity contribution in [2.24, 2.45) is 5.92 Å². The van der Waals surface area contributed by atoms with E-state index in [2.05, 4.69) is 4.98 Å². The second-order valence-electron chi connectivity index (χ2n) is 9.88. The Kier molecular flexibility index (Phi) is 8.38. The number of benzene rings is 2. The average molecular weight is 522 g/mol. The predicted molar refractivity (Wildman–Crippen MR) is 141 cm³/mol. The minimum Gasteiger partial charge on any atom is -0.478 e. The minimum atomic E-state index is -0.980. The van der Waals surface area contributed by atoms with Crippen molar-refractivity contribution in [3.63, 3.8) is 0 Å². The van der Waals surface area contributed by atoms with E-state index in [1.807, 2.05) is 24.9 Å². The summed E-state index contributed by atoms with van der Waals surface area (Å²) in [7, 11) is 1.91. The molecule has 1 amide bonds. The molecule has 3 aromatic rings. The Morgan fingerprint density at radius 3 is 2.68 bits per heavy atom. The number of carboxylic acids is 1. The second kappa shape index (κ2) is 11.7. The highest BCUT2D eigenvalue weighted by Gasteiger charge is 2.34. The van der Waals surface area contributed by atoms with Gasteiger partial charge in [-0.25, -0.2) is 14.2 Å². The lowest BCUT2D eigenvalue weighted by molar-refractivity contribution is 0.0325. The number of aromatic nitrogens is 1. The van der Waals surface area contributed by atoms with Gasteiger partial charge in [0.05, 0.1) is 18.2 Å². The van der Waals surface area contributed by atoms with E-state index in [-0.39, 0.29) is 41.5 Å². The summed E-state index contributed by atoms with van der Waals surface area (Å²) in [5, 5.41) is 19.2. The molecular weight excluding hydrogens is 489 g/mol. The summed E-state index contributed by atoms with van der Waals surface area (Å²) in [4.78, 5) is 33.0. The van der Waals surface area contributed by atoms with Crippen LogP contribution in [0.15, 0.2) is 60.8 Å². The molecule has 0 saturated carbocycles. The number of aliphatic hydroxyl groups excluding tert-OH is 1. The Bertz CT molecular complexity index is 1320. The van der Waals surface area contributed by atoms with E-state index in [0.29, 0.717) is 30.8 Å². The van der Waals surface area contributed by atoms with Crippen molar-refractivity contribution >= 4 is 11.9 Å². The topological polar surface area (TPSA) is 103 Å². The van der Waals surface area contributed by atoms with E-state index in [1.165, 1.54) is 12.3 Å². The number of ether oxygens (including phenoxy) is 1. The van der Waals surface area contributed by atoms with Crippen molar-refractivity contribution < 1.29 is 28.9 Å². The Morgan fingerprint density at radius 2 is 1.97 bits per heavy atom. The first-order valence-corrected chi connectivity index (χ1v) is 12.5. The number of hydrogen-bond donors (Lipinski definition) is 2. The number of likely N-dealkylation sites (N-methyl/N-ethyl adjacent to an activating group) is 1. The van der Waals surface area contributed by atoms with E-state index in [1.54, 1.807) is 54.3 Å². The molecule has 200 valence electrons. The van der Waals surface area contributed by atoms with Gasteiger partial charge in [0.15, 0.2) is 0 Å². The van der Waals surface area contributed by atoms with Gasteiger partial charge >= 0.3 is 5.97 Å². The maximum atomic E-state index is 14.5. The fourth-order valence-electron chi connectivity index (χ4n) is 4.65. The summed E-state index contributed by atoms with van der Waals surface area (Å²) in [6.45, 7) is 4.86. The smallest absolute Gasteiger partial charge is 0.335 e. The highest BCUT2D eigenvalue weighted by molar-refractivity contribution is 5.98. The van der Waals surface area contributed by atoms with Crippen molar-refractivity contribution in [1.29, 1.82) is 0 Å². The number of halogens is 1. The molecule has 0 saturated heterocycles. The highest BCUT2D eigenvalue weighted by Crippen LogP contribution is 2.31. The molecule has 38 heavy (non-hydrogen) atoms. The third-order valence-corrected chi connectivity index (χ3v) is 6.82. The molecule has 0 fully saturated rings. The van der Waals surface area contributed by atoms with Crippen molar-refractivity contribution in [1.82, 2.24) is 14.8 Å². The Labute approximate surface area is 221 Å². The standard InChI is InChI=1S/C29H32FN3O5/c1-18-14-33(19(2)17-34)28(35)24-12-22(23-9-4-5-10-25(23)30)13-31-27(24)38-26(18)16-32(3)15-20-7-6-8-21(11-20)29(36)37/h4-13,18-19,26,34H,14-17H2,1-3H3,(H,36,37)/t18-,19-,26+/m1/s1. The van der Waals surface area contributed by atoms with Crippen LogP contribution in [0, 0.1) is 11.7 Å². The van der Waals surface area contributed by atoms with E-state index in [0.717, 1.165) is 5.56 Å². The van der Waals surface area contributed by atoms with Crippen LogP contribution >= 0.6 is 0 Å². The van der Waals surface area contributed by atoms with E-state index in [9.17, 15) is 24.2 Å². The van der Waals surface area contributed by atoms with Crippen molar-refractivity contribution in [2.75, 3.05) is 26.7 Å². The molecule has 4 rings (SSSR count). The van der Waals surface area contributed by atoms with Gasteiger partial charge in [-0.05, 0) is 43.8 Å². The van der Waals surface area contributed by atoms with Gasteiger partial charge in [0.1, 0.15) is 17.5 Å². The number of aliphatic hydroxyl groups is 1. The van der Waals surface area contributed by atoms with Crippen LogP contribution in [0.4, 0.5) is 4.39 Å². The molecule has 2 aromatic carbocycles. The Balaban J connectivity index is 1.64. The van der Waals surface area contributed by atoms with Crippen molar-refractivity contribution in [2.45, 2.75) is 32.5 Å². The number of amides is 1. The van der Waals surface area contributed by atoms with Crippen molar-refractivity contribution in [3.8, 4) is 17.0 Å². The molecule has 1 aromatic heterocycles.